The van der Waals surface area contributed by atoms with Gasteiger partial charge in [-0.2, -0.15) is 33.4 Å². The summed E-state index contributed by atoms with van der Waals surface area (Å²) in [5.41, 5.74) is 5.11. The minimum atomic E-state index is -4.67. The Labute approximate surface area is 174 Å². The number of rotatable bonds is 5. The van der Waals surface area contributed by atoms with Crippen molar-refractivity contribution in [3.05, 3.63) is 59.0 Å². The molecule has 2 heterocycles. The number of anilines is 3. The zero-order valence-electron chi connectivity index (χ0n) is 15.9. The standard InChI is InChI=1S/C19H16F3N7S/c1-10-8-14(19(20,21)22)13(9-23)16(25-10)30-11(2)15-27-17(24)29-18(28-15)26-12-6-4-3-5-7-12/h3-8,11H,1-2H3,(H3,24,26,27,28,29). The Balaban J connectivity index is 1.92. The number of nitrogens with one attached hydrogen (secondary N) is 1. The molecule has 3 aromatic rings. The highest BCUT2D eigenvalue weighted by molar-refractivity contribution is 7.99. The number of nitriles is 1. The SMILES string of the molecule is Cc1cc(C(F)(F)F)c(C#N)c(SC(C)c2nc(N)nc(Nc3ccccc3)n2)n1. The molecular weight excluding hydrogens is 415 g/mol. The van der Waals surface area contributed by atoms with E-state index in [1.54, 1.807) is 13.0 Å². The van der Waals surface area contributed by atoms with Gasteiger partial charge in [0, 0.05) is 11.4 Å². The molecule has 0 spiro atoms. The predicted octanol–water partition coefficient (Wildman–Crippen LogP) is 4.64. The summed E-state index contributed by atoms with van der Waals surface area (Å²) in [5.74, 6) is 0.399. The van der Waals surface area contributed by atoms with E-state index in [2.05, 4.69) is 25.3 Å². The van der Waals surface area contributed by atoms with E-state index in [4.69, 9.17) is 5.73 Å². The lowest BCUT2D eigenvalue weighted by Crippen LogP contribution is -2.11. The molecule has 0 radical (unpaired) electrons. The van der Waals surface area contributed by atoms with Crippen LogP contribution in [0.2, 0.25) is 0 Å². The summed E-state index contributed by atoms with van der Waals surface area (Å²) in [6, 6.07) is 11.6. The Kier molecular flexibility index (Phi) is 6.07. The van der Waals surface area contributed by atoms with E-state index < -0.39 is 22.6 Å². The van der Waals surface area contributed by atoms with E-state index in [0.717, 1.165) is 23.5 Å². The van der Waals surface area contributed by atoms with Crippen molar-refractivity contribution < 1.29 is 13.2 Å². The monoisotopic (exact) mass is 431 g/mol. The summed E-state index contributed by atoms with van der Waals surface area (Å²) >= 11 is 0.946. The zero-order chi connectivity index (χ0) is 21.9. The first kappa shape index (κ1) is 21.3. The Morgan fingerprint density at radius 2 is 1.83 bits per heavy atom. The van der Waals surface area contributed by atoms with E-state index >= 15 is 0 Å². The molecule has 3 rings (SSSR count). The number of benzene rings is 1. The highest BCUT2D eigenvalue weighted by Gasteiger charge is 2.36. The summed E-state index contributed by atoms with van der Waals surface area (Å²) in [6.07, 6.45) is -4.67. The quantitative estimate of drug-likeness (QED) is 0.562. The smallest absolute Gasteiger partial charge is 0.368 e. The fraction of sp³-hybridized carbons (Fsp3) is 0.211. The Morgan fingerprint density at radius 1 is 1.13 bits per heavy atom. The van der Waals surface area contributed by atoms with E-state index in [1.165, 1.54) is 6.92 Å². The van der Waals surface area contributed by atoms with Crippen molar-refractivity contribution in [1.29, 1.82) is 5.26 Å². The molecular formula is C19H16F3N7S. The van der Waals surface area contributed by atoms with Crippen LogP contribution in [0.1, 0.15) is 34.8 Å². The van der Waals surface area contributed by atoms with Gasteiger partial charge in [-0.15, -0.1) is 0 Å². The van der Waals surface area contributed by atoms with Crippen LogP contribution in [0.4, 0.5) is 30.8 Å². The molecule has 1 atom stereocenters. The van der Waals surface area contributed by atoms with Crippen LogP contribution in [-0.4, -0.2) is 19.9 Å². The number of aromatic nitrogens is 4. The highest BCUT2D eigenvalue weighted by Crippen LogP contribution is 2.40. The number of thioether (sulfide) groups is 1. The number of aryl methyl sites for hydroxylation is 1. The van der Waals surface area contributed by atoms with E-state index in [1.807, 2.05) is 30.3 Å². The lowest BCUT2D eigenvalue weighted by Gasteiger charge is -2.15. The van der Waals surface area contributed by atoms with Crippen LogP contribution in [0.15, 0.2) is 41.4 Å². The first-order valence-electron chi connectivity index (χ1n) is 8.66. The summed E-state index contributed by atoms with van der Waals surface area (Å²) in [7, 11) is 0. The number of para-hydroxylation sites is 1. The van der Waals surface area contributed by atoms with Gasteiger partial charge in [-0.1, -0.05) is 30.0 Å². The van der Waals surface area contributed by atoms with Crippen LogP contribution < -0.4 is 11.1 Å². The molecule has 0 aliphatic heterocycles. The average Bonchev–Trinajstić information content (AvgIpc) is 2.67. The van der Waals surface area contributed by atoms with Crippen molar-refractivity contribution in [3.63, 3.8) is 0 Å². The molecule has 0 fully saturated rings. The number of nitrogens with zero attached hydrogens (tertiary/aromatic N) is 5. The molecule has 1 aromatic carbocycles. The molecule has 0 bridgehead atoms. The van der Waals surface area contributed by atoms with Crippen LogP contribution >= 0.6 is 11.8 Å². The predicted molar refractivity (Wildman–Crippen MR) is 107 cm³/mol. The molecule has 11 heteroatoms. The number of nitrogen functional groups attached to an aromatic ring is 1. The fourth-order valence-electron chi connectivity index (χ4n) is 2.58. The van der Waals surface area contributed by atoms with E-state index in [-0.39, 0.29) is 28.4 Å². The minimum absolute atomic E-state index is 0.0421. The van der Waals surface area contributed by atoms with Crippen molar-refractivity contribution in [3.8, 4) is 6.07 Å². The van der Waals surface area contributed by atoms with Crippen molar-refractivity contribution in [2.45, 2.75) is 30.3 Å². The third-order valence-electron chi connectivity index (χ3n) is 3.88. The molecule has 0 aliphatic carbocycles. The largest absolute Gasteiger partial charge is 0.417 e. The number of hydrogen-bond donors (Lipinski definition) is 2. The molecule has 0 amide bonds. The normalized spacial score (nSPS) is 12.3. The van der Waals surface area contributed by atoms with E-state index in [9.17, 15) is 18.4 Å². The van der Waals surface area contributed by atoms with Crippen LogP contribution in [0.5, 0.6) is 0 Å². The number of nitrogens with two attached hydrogens (primary N) is 1. The number of halogens is 3. The first-order valence-corrected chi connectivity index (χ1v) is 9.54. The van der Waals surface area contributed by atoms with Crippen molar-refractivity contribution in [1.82, 2.24) is 19.9 Å². The van der Waals surface area contributed by atoms with Gasteiger partial charge >= 0.3 is 6.18 Å². The second-order valence-corrected chi connectivity index (χ2v) is 7.56. The van der Waals surface area contributed by atoms with Gasteiger partial charge in [0.25, 0.3) is 0 Å². The average molecular weight is 431 g/mol. The minimum Gasteiger partial charge on any atom is -0.368 e. The summed E-state index contributed by atoms with van der Waals surface area (Å²) in [5, 5.41) is 11.7. The van der Waals surface area contributed by atoms with Crippen LogP contribution in [0.25, 0.3) is 0 Å². The van der Waals surface area contributed by atoms with Crippen LogP contribution in [0, 0.1) is 18.3 Å². The van der Waals surface area contributed by atoms with Crippen LogP contribution in [-0.2, 0) is 6.18 Å². The topological polar surface area (TPSA) is 113 Å². The second-order valence-electron chi connectivity index (χ2n) is 6.23. The van der Waals surface area contributed by atoms with Crippen molar-refractivity contribution >= 4 is 29.3 Å². The molecule has 30 heavy (non-hydrogen) atoms. The lowest BCUT2D eigenvalue weighted by molar-refractivity contribution is -0.138. The van der Waals surface area contributed by atoms with Gasteiger partial charge in [0.15, 0.2) is 0 Å². The van der Waals surface area contributed by atoms with Gasteiger partial charge in [-0.25, -0.2) is 4.98 Å². The number of hydrogen-bond acceptors (Lipinski definition) is 8. The number of pyridine rings is 1. The molecule has 3 N–H and O–H groups in total. The van der Waals surface area contributed by atoms with Gasteiger partial charge in [0.1, 0.15) is 16.9 Å². The molecule has 0 aliphatic rings. The molecule has 1 unspecified atom stereocenters. The molecule has 154 valence electrons. The van der Waals surface area contributed by atoms with Crippen molar-refractivity contribution in [2.75, 3.05) is 11.1 Å². The maximum absolute atomic E-state index is 13.3. The van der Waals surface area contributed by atoms with Crippen molar-refractivity contribution in [2.24, 2.45) is 0 Å². The van der Waals surface area contributed by atoms with Gasteiger partial charge in [-0.05, 0) is 32.0 Å². The third kappa shape index (κ3) is 4.96. The molecule has 0 saturated carbocycles. The molecule has 7 nitrogen and oxygen atoms in total. The third-order valence-corrected chi connectivity index (χ3v) is 4.97. The second kappa shape index (κ2) is 8.54. The zero-order valence-corrected chi connectivity index (χ0v) is 16.7. The van der Waals surface area contributed by atoms with Gasteiger partial charge < -0.3 is 11.1 Å². The van der Waals surface area contributed by atoms with E-state index in [0.29, 0.717) is 0 Å². The van der Waals surface area contributed by atoms with Gasteiger partial charge in [0.2, 0.25) is 11.9 Å². The first-order chi connectivity index (χ1) is 14.2. The maximum Gasteiger partial charge on any atom is 0.417 e. The fourth-order valence-corrected chi connectivity index (χ4v) is 3.60. The van der Waals surface area contributed by atoms with Gasteiger partial charge in [0.05, 0.1) is 16.4 Å². The lowest BCUT2D eigenvalue weighted by atomic mass is 10.1. The highest BCUT2D eigenvalue weighted by atomic mass is 32.2. The number of alkyl halides is 3. The maximum atomic E-state index is 13.3. The molecule has 0 saturated heterocycles. The summed E-state index contributed by atoms with van der Waals surface area (Å²) in [6.45, 7) is 3.12. The summed E-state index contributed by atoms with van der Waals surface area (Å²) < 4.78 is 40.0. The van der Waals surface area contributed by atoms with Crippen LogP contribution in [0.3, 0.4) is 0 Å². The molecule has 2 aromatic heterocycles. The Morgan fingerprint density at radius 3 is 2.47 bits per heavy atom. The Bertz CT molecular complexity index is 1100. The summed E-state index contributed by atoms with van der Waals surface area (Å²) in [4.78, 5) is 16.5. The van der Waals surface area contributed by atoms with Gasteiger partial charge in [-0.3, -0.25) is 0 Å². The Hall–Kier alpha value is -3.39.